The molecule has 154 valence electrons. The first-order valence-corrected chi connectivity index (χ1v) is 10.6. The van der Waals surface area contributed by atoms with Gasteiger partial charge < -0.3 is 11.1 Å². The fourth-order valence-corrected chi connectivity index (χ4v) is 4.33. The summed E-state index contributed by atoms with van der Waals surface area (Å²) in [6.45, 7) is 0.665. The minimum absolute atomic E-state index is 0.114. The van der Waals surface area contributed by atoms with Crippen LogP contribution >= 0.6 is 0 Å². The topological polar surface area (TPSA) is 127 Å². The van der Waals surface area contributed by atoms with Gasteiger partial charge in [0.1, 0.15) is 11.6 Å². The lowest BCUT2D eigenvalue weighted by molar-refractivity contribution is -0.122. The van der Waals surface area contributed by atoms with E-state index >= 15 is 0 Å². The lowest BCUT2D eigenvalue weighted by Gasteiger charge is -2.26. The van der Waals surface area contributed by atoms with E-state index in [1.807, 2.05) is 0 Å². The van der Waals surface area contributed by atoms with Crippen LogP contribution in [0.1, 0.15) is 6.42 Å². The summed E-state index contributed by atoms with van der Waals surface area (Å²) in [6, 6.07) is 9.88. The van der Waals surface area contributed by atoms with Crippen LogP contribution in [0.15, 0.2) is 59.8 Å². The minimum atomic E-state index is -4.14. The van der Waals surface area contributed by atoms with Crippen molar-refractivity contribution < 1.29 is 17.6 Å². The average molecular weight is 427 g/mol. The number of rotatable bonds is 5. The first kappa shape index (κ1) is 19.9. The number of nitrogens with two attached hydrogens (primary N) is 1. The van der Waals surface area contributed by atoms with E-state index in [0.29, 0.717) is 24.2 Å². The highest BCUT2D eigenvalue weighted by atomic mass is 32.2. The van der Waals surface area contributed by atoms with E-state index < -0.39 is 27.8 Å². The molecule has 8 nitrogen and oxygen atoms in total. The van der Waals surface area contributed by atoms with Gasteiger partial charge in [0, 0.05) is 11.1 Å². The van der Waals surface area contributed by atoms with Crippen molar-refractivity contribution in [3.8, 4) is 22.4 Å². The van der Waals surface area contributed by atoms with Crippen molar-refractivity contribution >= 4 is 21.7 Å². The first-order chi connectivity index (χ1) is 14.3. The largest absolute Gasteiger partial charge is 0.382 e. The maximum Gasteiger partial charge on any atom is 0.264 e. The normalized spacial score (nSPS) is 16.0. The SMILES string of the molecule is Nc1cnc(-c2ccc(-c3ccccc3S(=O)(=O)NC(=O)C3CCN3)cc2F)cn1. The number of carbonyl (C=O) groups excluding carboxylic acids is 1. The average Bonchev–Trinajstić information content (AvgIpc) is 2.67. The summed E-state index contributed by atoms with van der Waals surface area (Å²) in [6.07, 6.45) is 3.25. The molecule has 10 heteroatoms. The summed E-state index contributed by atoms with van der Waals surface area (Å²) in [5, 5.41) is 2.85. The summed E-state index contributed by atoms with van der Waals surface area (Å²) < 4.78 is 42.5. The van der Waals surface area contributed by atoms with E-state index in [1.54, 1.807) is 24.3 Å². The van der Waals surface area contributed by atoms with Crippen LogP contribution in [0.3, 0.4) is 0 Å². The molecule has 0 saturated carbocycles. The molecule has 0 bridgehead atoms. The summed E-state index contributed by atoms with van der Waals surface area (Å²) in [5.41, 5.74) is 6.63. The Balaban J connectivity index is 1.69. The second kappa shape index (κ2) is 7.81. The Hall–Kier alpha value is -3.37. The van der Waals surface area contributed by atoms with Crippen LogP contribution in [-0.2, 0) is 14.8 Å². The van der Waals surface area contributed by atoms with E-state index in [2.05, 4.69) is 20.0 Å². The molecular formula is C20H18FN5O3S. The number of nitrogens with zero attached hydrogens (tertiary/aromatic N) is 2. The van der Waals surface area contributed by atoms with Gasteiger partial charge in [0.2, 0.25) is 0 Å². The van der Waals surface area contributed by atoms with Crippen LogP contribution in [-0.4, -0.2) is 36.9 Å². The summed E-state index contributed by atoms with van der Waals surface area (Å²) in [4.78, 5) is 19.9. The number of hydrogen-bond acceptors (Lipinski definition) is 7. The first-order valence-electron chi connectivity index (χ1n) is 9.12. The van der Waals surface area contributed by atoms with Gasteiger partial charge >= 0.3 is 0 Å². The van der Waals surface area contributed by atoms with Crippen molar-refractivity contribution in [3.63, 3.8) is 0 Å². The predicted molar refractivity (Wildman–Crippen MR) is 109 cm³/mol. The fraction of sp³-hybridized carbons (Fsp3) is 0.150. The highest BCUT2D eigenvalue weighted by Crippen LogP contribution is 2.31. The molecule has 1 atom stereocenters. The molecule has 1 aromatic heterocycles. The Morgan fingerprint density at radius 1 is 1.13 bits per heavy atom. The number of sulfonamides is 1. The third-order valence-corrected chi connectivity index (χ3v) is 6.18. The maximum absolute atomic E-state index is 14.8. The quantitative estimate of drug-likeness (QED) is 0.565. The van der Waals surface area contributed by atoms with E-state index in [1.165, 1.54) is 30.6 Å². The molecule has 0 radical (unpaired) electrons. The number of anilines is 1. The van der Waals surface area contributed by atoms with Crippen molar-refractivity contribution in [2.24, 2.45) is 0 Å². The minimum Gasteiger partial charge on any atom is -0.382 e. The van der Waals surface area contributed by atoms with Gasteiger partial charge in [0.25, 0.3) is 15.9 Å². The molecule has 1 aliphatic rings. The Kier molecular flexibility index (Phi) is 5.18. The third-order valence-electron chi connectivity index (χ3n) is 4.78. The molecule has 30 heavy (non-hydrogen) atoms. The number of nitrogen functional groups attached to an aromatic ring is 1. The predicted octanol–water partition coefficient (Wildman–Crippen LogP) is 1.70. The number of benzene rings is 2. The Morgan fingerprint density at radius 2 is 1.90 bits per heavy atom. The highest BCUT2D eigenvalue weighted by molar-refractivity contribution is 7.90. The van der Waals surface area contributed by atoms with Crippen molar-refractivity contribution in [1.29, 1.82) is 0 Å². The smallest absolute Gasteiger partial charge is 0.264 e. The second-order valence-electron chi connectivity index (χ2n) is 6.78. The van der Waals surface area contributed by atoms with E-state index in [0.717, 1.165) is 0 Å². The van der Waals surface area contributed by atoms with Gasteiger partial charge in [-0.3, -0.25) is 9.78 Å². The zero-order valence-corrected chi connectivity index (χ0v) is 16.5. The van der Waals surface area contributed by atoms with Gasteiger partial charge in [-0.1, -0.05) is 24.3 Å². The molecular weight excluding hydrogens is 409 g/mol. The molecule has 3 aromatic rings. The molecule has 0 spiro atoms. The zero-order valence-electron chi connectivity index (χ0n) is 15.7. The monoisotopic (exact) mass is 427 g/mol. The van der Waals surface area contributed by atoms with E-state index in [-0.39, 0.29) is 21.8 Å². The Labute approximate surface area is 172 Å². The Bertz CT molecular complexity index is 1210. The van der Waals surface area contributed by atoms with Crippen molar-refractivity contribution in [2.75, 3.05) is 12.3 Å². The fourth-order valence-electron chi connectivity index (χ4n) is 3.08. The molecule has 0 aliphatic carbocycles. The molecule has 1 amide bonds. The van der Waals surface area contributed by atoms with Crippen LogP contribution in [0, 0.1) is 5.82 Å². The van der Waals surface area contributed by atoms with Crippen molar-refractivity contribution in [2.45, 2.75) is 17.4 Å². The molecule has 1 fully saturated rings. The van der Waals surface area contributed by atoms with Gasteiger partial charge in [-0.05, 0) is 36.7 Å². The summed E-state index contributed by atoms with van der Waals surface area (Å²) in [5.74, 6) is -0.991. The molecule has 1 saturated heterocycles. The zero-order chi connectivity index (χ0) is 21.3. The van der Waals surface area contributed by atoms with Crippen molar-refractivity contribution in [3.05, 3.63) is 60.7 Å². The van der Waals surface area contributed by atoms with Crippen LogP contribution in [0.2, 0.25) is 0 Å². The molecule has 2 aromatic carbocycles. The van der Waals surface area contributed by atoms with Gasteiger partial charge in [-0.15, -0.1) is 0 Å². The number of carbonyl (C=O) groups is 1. The highest BCUT2D eigenvalue weighted by Gasteiger charge is 2.29. The lowest BCUT2D eigenvalue weighted by Crippen LogP contribution is -2.54. The standard InChI is InChI=1S/C20H18FN5O3S/c21-15-9-12(5-6-14(15)17-10-25-19(22)11-24-17)13-3-1-2-4-18(13)30(28,29)26-20(27)16-7-8-23-16/h1-6,9-11,16,23H,7-8H2,(H2,22,25)(H,26,27). The molecule has 1 aliphatic heterocycles. The summed E-state index contributed by atoms with van der Waals surface area (Å²) in [7, 11) is -4.14. The lowest BCUT2D eigenvalue weighted by atomic mass is 10.0. The van der Waals surface area contributed by atoms with Crippen LogP contribution < -0.4 is 15.8 Å². The number of aromatic nitrogens is 2. The number of hydrogen-bond donors (Lipinski definition) is 3. The molecule has 2 heterocycles. The summed E-state index contributed by atoms with van der Waals surface area (Å²) >= 11 is 0. The van der Waals surface area contributed by atoms with E-state index in [4.69, 9.17) is 5.73 Å². The van der Waals surface area contributed by atoms with Gasteiger partial charge in [0.05, 0.1) is 29.0 Å². The number of nitrogens with one attached hydrogen (secondary N) is 2. The van der Waals surface area contributed by atoms with Crippen LogP contribution in [0.5, 0.6) is 0 Å². The third kappa shape index (κ3) is 3.87. The number of amides is 1. The Morgan fingerprint density at radius 3 is 2.53 bits per heavy atom. The van der Waals surface area contributed by atoms with Crippen molar-refractivity contribution in [1.82, 2.24) is 20.0 Å². The van der Waals surface area contributed by atoms with Crippen LogP contribution in [0.4, 0.5) is 10.2 Å². The molecule has 4 N–H and O–H groups in total. The van der Waals surface area contributed by atoms with Crippen LogP contribution in [0.25, 0.3) is 22.4 Å². The van der Waals surface area contributed by atoms with Gasteiger partial charge in [-0.25, -0.2) is 22.5 Å². The van der Waals surface area contributed by atoms with Gasteiger partial charge in [-0.2, -0.15) is 0 Å². The molecule has 4 rings (SSSR count). The maximum atomic E-state index is 14.8. The number of halogens is 1. The molecule has 1 unspecified atom stereocenters. The van der Waals surface area contributed by atoms with Gasteiger partial charge in [0.15, 0.2) is 0 Å². The van der Waals surface area contributed by atoms with E-state index in [9.17, 15) is 17.6 Å². The second-order valence-corrected chi connectivity index (χ2v) is 8.43.